The minimum absolute atomic E-state index is 0.0566. The first-order valence-corrected chi connectivity index (χ1v) is 8.13. The Bertz CT molecular complexity index is 673. The highest BCUT2D eigenvalue weighted by Gasteiger charge is 2.25. The van der Waals surface area contributed by atoms with E-state index >= 15 is 0 Å². The molecule has 0 fully saturated rings. The third kappa shape index (κ3) is 4.47. The summed E-state index contributed by atoms with van der Waals surface area (Å²) in [6, 6.07) is 10.3. The number of amides is 2. The van der Waals surface area contributed by atoms with Crippen LogP contribution in [0.2, 0.25) is 0 Å². The number of hydrogen-bond donors (Lipinski definition) is 2. The Kier molecular flexibility index (Phi) is 5.79. The summed E-state index contributed by atoms with van der Waals surface area (Å²) < 4.78 is 5.07. The van der Waals surface area contributed by atoms with Crippen LogP contribution in [0.25, 0.3) is 0 Å². The lowest BCUT2D eigenvalue weighted by atomic mass is 10.0. The quantitative estimate of drug-likeness (QED) is 0.847. The Labute approximate surface area is 142 Å². The fourth-order valence-corrected chi connectivity index (χ4v) is 2.33. The molecule has 0 aliphatic rings. The van der Waals surface area contributed by atoms with Gasteiger partial charge in [0, 0.05) is 5.69 Å². The van der Waals surface area contributed by atoms with E-state index in [-0.39, 0.29) is 17.6 Å². The van der Waals surface area contributed by atoms with Crippen molar-refractivity contribution in [3.8, 4) is 0 Å². The van der Waals surface area contributed by atoms with Gasteiger partial charge >= 0.3 is 0 Å². The summed E-state index contributed by atoms with van der Waals surface area (Å²) in [7, 11) is 0. The smallest absolute Gasteiger partial charge is 0.287 e. The number of hydrogen-bond acceptors (Lipinski definition) is 3. The van der Waals surface area contributed by atoms with Gasteiger partial charge < -0.3 is 15.1 Å². The molecule has 5 heteroatoms. The average Bonchev–Trinajstić information content (AvgIpc) is 3.07. The molecule has 0 saturated heterocycles. The maximum absolute atomic E-state index is 12.5. The van der Waals surface area contributed by atoms with Crippen LogP contribution in [0.3, 0.4) is 0 Å². The molecule has 5 nitrogen and oxygen atoms in total. The molecule has 2 rings (SSSR count). The lowest BCUT2D eigenvalue weighted by Crippen LogP contribution is -2.47. The largest absolute Gasteiger partial charge is 0.459 e. The van der Waals surface area contributed by atoms with Crippen molar-refractivity contribution in [3.63, 3.8) is 0 Å². The first-order valence-electron chi connectivity index (χ1n) is 8.13. The second kappa shape index (κ2) is 7.81. The first-order chi connectivity index (χ1) is 11.4. The number of carbonyl (C=O) groups is 2. The maximum Gasteiger partial charge on any atom is 0.287 e. The normalized spacial score (nSPS) is 12.2. The zero-order valence-corrected chi connectivity index (χ0v) is 14.5. The first kappa shape index (κ1) is 17.8. The van der Waals surface area contributed by atoms with Crippen LogP contribution >= 0.6 is 0 Å². The summed E-state index contributed by atoms with van der Waals surface area (Å²) in [5, 5.41) is 5.58. The number of nitrogens with one attached hydrogen (secondary N) is 2. The highest BCUT2D eigenvalue weighted by atomic mass is 16.3. The topological polar surface area (TPSA) is 71.3 Å². The van der Waals surface area contributed by atoms with Crippen LogP contribution in [0.4, 0.5) is 5.69 Å². The molecule has 2 aromatic rings. The van der Waals surface area contributed by atoms with Crippen molar-refractivity contribution in [3.05, 3.63) is 54.0 Å². The second-order valence-corrected chi connectivity index (χ2v) is 6.44. The molecule has 1 atom stereocenters. The Hall–Kier alpha value is -2.56. The lowest BCUT2D eigenvalue weighted by Gasteiger charge is -2.21. The standard InChI is InChI=1S/C19H24N2O3/c1-12(2)14-7-9-15(10-8-14)20-19(23)17(13(3)4)21-18(22)16-6-5-11-24-16/h5-13,17H,1-4H3,(H,20,23)(H,21,22). The predicted molar refractivity (Wildman–Crippen MR) is 94.0 cm³/mol. The molecule has 0 radical (unpaired) electrons. The number of benzene rings is 1. The summed E-state index contributed by atoms with van der Waals surface area (Å²) >= 11 is 0. The van der Waals surface area contributed by atoms with Crippen LogP contribution < -0.4 is 10.6 Å². The predicted octanol–water partition coefficient (Wildman–Crippen LogP) is 3.80. The molecular weight excluding hydrogens is 304 g/mol. The van der Waals surface area contributed by atoms with Gasteiger partial charge in [-0.05, 0) is 41.7 Å². The van der Waals surface area contributed by atoms with Crippen LogP contribution in [0.5, 0.6) is 0 Å². The molecule has 0 spiro atoms. The lowest BCUT2D eigenvalue weighted by molar-refractivity contribution is -0.118. The van der Waals surface area contributed by atoms with Crippen molar-refractivity contribution in [2.45, 2.75) is 39.7 Å². The summed E-state index contributed by atoms with van der Waals surface area (Å²) in [5.74, 6) is -0.0782. The Morgan fingerprint density at radius 3 is 2.17 bits per heavy atom. The van der Waals surface area contributed by atoms with E-state index in [1.165, 1.54) is 11.8 Å². The third-order valence-corrected chi connectivity index (χ3v) is 3.83. The van der Waals surface area contributed by atoms with Crippen LogP contribution in [-0.2, 0) is 4.79 Å². The van der Waals surface area contributed by atoms with Gasteiger partial charge in [0.15, 0.2) is 5.76 Å². The monoisotopic (exact) mass is 328 g/mol. The van der Waals surface area contributed by atoms with Gasteiger partial charge in [-0.3, -0.25) is 9.59 Å². The van der Waals surface area contributed by atoms with Crippen molar-refractivity contribution < 1.29 is 14.0 Å². The van der Waals surface area contributed by atoms with Gasteiger partial charge in [-0.15, -0.1) is 0 Å². The molecule has 0 saturated carbocycles. The van der Waals surface area contributed by atoms with Crippen molar-refractivity contribution in [2.75, 3.05) is 5.32 Å². The van der Waals surface area contributed by atoms with Gasteiger partial charge in [-0.25, -0.2) is 0 Å². The molecule has 1 aromatic heterocycles. The van der Waals surface area contributed by atoms with Crippen LogP contribution in [0.15, 0.2) is 47.1 Å². The fraction of sp³-hybridized carbons (Fsp3) is 0.368. The number of carbonyl (C=O) groups excluding carboxylic acids is 2. The summed E-state index contributed by atoms with van der Waals surface area (Å²) in [4.78, 5) is 24.6. The van der Waals surface area contributed by atoms with E-state index in [9.17, 15) is 9.59 Å². The van der Waals surface area contributed by atoms with Gasteiger partial charge in [0.25, 0.3) is 5.91 Å². The molecule has 0 bridgehead atoms. The number of anilines is 1. The number of rotatable bonds is 6. The average molecular weight is 328 g/mol. The zero-order chi connectivity index (χ0) is 17.7. The maximum atomic E-state index is 12.5. The fourth-order valence-electron chi connectivity index (χ4n) is 2.33. The van der Waals surface area contributed by atoms with E-state index in [0.29, 0.717) is 11.6 Å². The van der Waals surface area contributed by atoms with E-state index in [1.54, 1.807) is 12.1 Å². The second-order valence-electron chi connectivity index (χ2n) is 6.44. The summed E-state index contributed by atoms with van der Waals surface area (Å²) in [6.45, 7) is 8.00. The Balaban J connectivity index is 2.04. The highest BCUT2D eigenvalue weighted by Crippen LogP contribution is 2.18. The van der Waals surface area contributed by atoms with E-state index in [2.05, 4.69) is 24.5 Å². The third-order valence-electron chi connectivity index (χ3n) is 3.83. The molecule has 1 unspecified atom stereocenters. The van der Waals surface area contributed by atoms with Gasteiger partial charge in [-0.2, -0.15) is 0 Å². The molecule has 1 heterocycles. The molecule has 0 aliphatic heterocycles. The van der Waals surface area contributed by atoms with Crippen molar-refractivity contribution in [1.82, 2.24) is 5.32 Å². The molecule has 24 heavy (non-hydrogen) atoms. The van der Waals surface area contributed by atoms with E-state index in [4.69, 9.17) is 4.42 Å². The highest BCUT2D eigenvalue weighted by molar-refractivity contribution is 6.00. The minimum atomic E-state index is -0.646. The van der Waals surface area contributed by atoms with Crippen molar-refractivity contribution in [1.29, 1.82) is 0 Å². The summed E-state index contributed by atoms with van der Waals surface area (Å²) in [6.07, 6.45) is 1.43. The van der Waals surface area contributed by atoms with Crippen LogP contribution in [0, 0.1) is 5.92 Å². The molecule has 0 aliphatic carbocycles. The van der Waals surface area contributed by atoms with Crippen LogP contribution in [0.1, 0.15) is 49.7 Å². The van der Waals surface area contributed by atoms with Crippen LogP contribution in [-0.4, -0.2) is 17.9 Å². The minimum Gasteiger partial charge on any atom is -0.459 e. The number of furan rings is 1. The molecular formula is C19H24N2O3. The van der Waals surface area contributed by atoms with Gasteiger partial charge in [0.05, 0.1) is 6.26 Å². The molecule has 2 N–H and O–H groups in total. The van der Waals surface area contributed by atoms with E-state index in [1.807, 2.05) is 38.1 Å². The molecule has 1 aromatic carbocycles. The molecule has 128 valence electrons. The molecule has 2 amide bonds. The van der Waals surface area contributed by atoms with Crippen molar-refractivity contribution >= 4 is 17.5 Å². The van der Waals surface area contributed by atoms with Gasteiger partial charge in [0.2, 0.25) is 5.91 Å². The van der Waals surface area contributed by atoms with Crippen molar-refractivity contribution in [2.24, 2.45) is 5.92 Å². The Morgan fingerprint density at radius 2 is 1.67 bits per heavy atom. The SMILES string of the molecule is CC(C)c1ccc(NC(=O)C(NC(=O)c2ccco2)C(C)C)cc1. The summed E-state index contributed by atoms with van der Waals surface area (Å²) in [5.41, 5.74) is 1.92. The van der Waals surface area contributed by atoms with Gasteiger partial charge in [-0.1, -0.05) is 39.8 Å². The zero-order valence-electron chi connectivity index (χ0n) is 14.5. The van der Waals surface area contributed by atoms with Gasteiger partial charge in [0.1, 0.15) is 6.04 Å². The Morgan fingerprint density at radius 1 is 1.00 bits per heavy atom. The van der Waals surface area contributed by atoms with E-state index < -0.39 is 11.9 Å². The van der Waals surface area contributed by atoms with E-state index in [0.717, 1.165) is 0 Å².